The Morgan fingerprint density at radius 3 is 1.85 bits per heavy atom. The van der Waals surface area contributed by atoms with Gasteiger partial charge in [-0.05, 0) is 29.2 Å². The molecule has 4 fully saturated rings. The molecule has 0 radical (unpaired) electrons. The summed E-state index contributed by atoms with van der Waals surface area (Å²) in [5.74, 6) is -10.5. The number of aliphatic hydroxyl groups is 13. The minimum Gasteiger partial charge on any atom is -0.460 e. The number of ether oxygens (including phenoxy) is 6. The number of nitrogen functional groups attached to an aromatic ring is 1. The fourth-order valence-electron chi connectivity index (χ4n) is 12.0. The second-order valence-corrected chi connectivity index (χ2v) is 24.9. The molecule has 0 spiro atoms. The van der Waals surface area contributed by atoms with Gasteiger partial charge in [-0.15, -0.1) is 0 Å². The van der Waals surface area contributed by atoms with Gasteiger partial charge < -0.3 is 154 Å². The van der Waals surface area contributed by atoms with Crippen LogP contribution in [0.15, 0.2) is 58.5 Å². The smallest absolute Gasteiger partial charge is 0.306 e. The first kappa shape index (κ1) is 76.0. The molecule has 0 aliphatic carbocycles. The van der Waals surface area contributed by atoms with Crippen molar-refractivity contribution in [2.24, 2.45) is 27.4 Å². The molecule has 6 amide bonds. The third-order valence-corrected chi connectivity index (χ3v) is 17.5. The van der Waals surface area contributed by atoms with E-state index in [0.717, 1.165) is 4.90 Å². The Hall–Kier alpha value is -7.81. The summed E-state index contributed by atoms with van der Waals surface area (Å²) >= 11 is 0. The number of hydrogen-bond acceptors (Lipinski definition) is 33. The Labute approximate surface area is 558 Å². The number of aliphatic imine (C=N–C) groups is 2. The van der Waals surface area contributed by atoms with Crippen LogP contribution in [0.1, 0.15) is 44.2 Å². The number of hydrogen-bond donors (Lipinski definition) is 23. The molecule has 0 saturated carbocycles. The average molecular weight is 1390 g/mol. The van der Waals surface area contributed by atoms with E-state index in [1.54, 1.807) is 51.1 Å². The van der Waals surface area contributed by atoms with Gasteiger partial charge in [0.2, 0.25) is 41.7 Å². The molecule has 39 nitrogen and oxygen atoms in total. The van der Waals surface area contributed by atoms with Gasteiger partial charge in [0, 0.05) is 18.8 Å². The topological polar surface area (TPSA) is 628 Å². The van der Waals surface area contributed by atoms with Crippen LogP contribution < -0.4 is 59.2 Å². The van der Waals surface area contributed by atoms with Crippen molar-refractivity contribution in [1.82, 2.24) is 42.1 Å². The third kappa shape index (κ3) is 17.4. The lowest BCUT2D eigenvalue weighted by molar-refractivity contribution is -0.353. The Morgan fingerprint density at radius 2 is 1.21 bits per heavy atom. The number of rotatable bonds is 20. The van der Waals surface area contributed by atoms with Crippen molar-refractivity contribution in [2.45, 2.75) is 186 Å². The Kier molecular flexibility index (Phi) is 25.9. The monoisotopic (exact) mass is 1390 g/mol. The molecule has 6 aliphatic heterocycles. The largest absolute Gasteiger partial charge is 0.460 e. The van der Waals surface area contributed by atoms with Crippen LogP contribution in [-0.2, 0) is 63.7 Å². The number of carbonyl (C=O) groups is 7. The molecule has 4 saturated heterocycles. The Morgan fingerprint density at radius 1 is 0.612 bits per heavy atom. The first-order valence-electron chi connectivity index (χ1n) is 31.4. The van der Waals surface area contributed by atoms with Crippen LogP contribution in [0.5, 0.6) is 5.75 Å². The molecule has 5 unspecified atom stereocenters. The Bertz CT molecular complexity index is 3180. The molecule has 98 heavy (non-hydrogen) atoms. The van der Waals surface area contributed by atoms with E-state index >= 15 is 9.59 Å². The Balaban J connectivity index is 1.11. The predicted molar refractivity (Wildman–Crippen MR) is 331 cm³/mol. The number of nitrogens with one attached hydrogen (secondary N) is 7. The molecular weight excluding hydrogens is 1310 g/mol. The van der Waals surface area contributed by atoms with Gasteiger partial charge in [-0.3, -0.25) is 43.5 Å². The molecule has 2 aromatic rings. The van der Waals surface area contributed by atoms with E-state index in [-0.39, 0.29) is 41.8 Å². The van der Waals surface area contributed by atoms with E-state index in [9.17, 15) is 90.4 Å². The first-order valence-corrected chi connectivity index (χ1v) is 31.4. The van der Waals surface area contributed by atoms with Gasteiger partial charge in [-0.2, -0.15) is 0 Å². The number of carbonyl (C=O) groups excluding carboxylic acids is 7. The molecule has 25 atom stereocenters. The molecule has 2 aromatic carbocycles. The number of benzene rings is 2. The standard InChI is InChI=1S/C59H87N13O26/c1-21(2)11-35(78)97-49-44(84)42(82)32(19-75)95-57(49)98-48-33(20-76)96-56(47(87)45(48)85)94-30-10-9-23(12-25(30)60)13-26-51(89)70-37(39(79)27-14-64-58(61)68-27)54(92)71-38(40(80)29-15-65-59(62)72(29)55-46(86)43(83)41(81)31(18-74)93-55)53(91)67-28(17-73)50(88)63-16-34(77)69-36(52(90)66-26)22(3)24-7-5-4-6-8-24/h4-10,12,21-22,26-29,31-33,36-49,55-57,73-76,79-87H,11,13-20,60H2,1-3H3,(H2,62,65)(H,63,88)(H,66,90)(H,67,91)(H,69,77)(H,70,89)(H,71,92)(H3,61,64,68)/t22?,26-,27?,28+,29?,31-,32-,33-,36+,37+,38-,39?,40?,41-,42-,43+,44+,45-,46+,47+,48-,49+,55+,56+,57-/m1/s1. The van der Waals surface area contributed by atoms with Crippen molar-refractivity contribution in [3.05, 3.63) is 59.7 Å². The minimum absolute atomic E-state index is 0.0915. The van der Waals surface area contributed by atoms with Crippen molar-refractivity contribution >= 4 is 59.0 Å². The highest BCUT2D eigenvalue weighted by Crippen LogP contribution is 2.35. The van der Waals surface area contributed by atoms with Crippen molar-refractivity contribution in [3.8, 4) is 5.75 Å². The summed E-state index contributed by atoms with van der Waals surface area (Å²) < 4.78 is 34.4. The zero-order valence-corrected chi connectivity index (χ0v) is 53.2. The van der Waals surface area contributed by atoms with Gasteiger partial charge in [0.05, 0.1) is 63.8 Å². The highest BCUT2D eigenvalue weighted by Gasteiger charge is 2.55. The number of nitrogens with zero attached hydrogens (tertiary/aromatic N) is 3. The van der Waals surface area contributed by atoms with Crippen molar-refractivity contribution < 1.29 is 128 Å². The fraction of sp³-hybridized carbons (Fsp3) is 0.644. The number of amides is 6. The van der Waals surface area contributed by atoms with E-state index in [1.165, 1.54) is 18.2 Å². The van der Waals surface area contributed by atoms with Gasteiger partial charge in [-0.1, -0.05) is 57.2 Å². The maximum Gasteiger partial charge on any atom is 0.306 e. The highest BCUT2D eigenvalue weighted by molar-refractivity contribution is 5.98. The molecule has 6 aliphatic rings. The molecule has 0 aromatic heterocycles. The molecule has 0 bridgehead atoms. The van der Waals surface area contributed by atoms with Crippen LogP contribution in [-0.4, -0.2) is 317 Å². The lowest BCUT2D eigenvalue weighted by Crippen LogP contribution is -2.70. The second kappa shape index (κ2) is 33.4. The van der Waals surface area contributed by atoms with E-state index in [0.29, 0.717) is 5.56 Å². The van der Waals surface area contributed by atoms with Crippen LogP contribution in [0.25, 0.3) is 0 Å². The summed E-state index contributed by atoms with van der Waals surface area (Å²) in [5.41, 5.74) is 19.0. The first-order chi connectivity index (χ1) is 46.5. The average Bonchev–Trinajstić information content (AvgIpc) is 1.40. The van der Waals surface area contributed by atoms with Gasteiger partial charge in [0.15, 0.2) is 30.5 Å². The zero-order chi connectivity index (χ0) is 71.7. The zero-order valence-electron chi connectivity index (χ0n) is 53.2. The fourth-order valence-corrected chi connectivity index (χ4v) is 12.0. The summed E-state index contributed by atoms with van der Waals surface area (Å²) in [6.45, 7) is -0.748. The predicted octanol–water partition coefficient (Wildman–Crippen LogP) is -12.4. The molecule has 544 valence electrons. The molecule has 6 heterocycles. The van der Waals surface area contributed by atoms with E-state index < -0.39 is 246 Å². The molecular formula is C59H87N13O26. The summed E-state index contributed by atoms with van der Waals surface area (Å²) in [4.78, 5) is 109. The second-order valence-electron chi connectivity index (χ2n) is 24.9. The summed E-state index contributed by atoms with van der Waals surface area (Å²) in [5, 5.41) is 159. The van der Waals surface area contributed by atoms with Crippen molar-refractivity contribution in [3.63, 3.8) is 0 Å². The van der Waals surface area contributed by atoms with Crippen LogP contribution >= 0.6 is 0 Å². The number of anilines is 1. The number of nitrogens with two attached hydrogens (primary N) is 3. The van der Waals surface area contributed by atoms with E-state index in [2.05, 4.69) is 47.2 Å². The molecule has 26 N–H and O–H groups in total. The van der Waals surface area contributed by atoms with E-state index in [1.807, 2.05) is 0 Å². The molecule has 8 rings (SSSR count). The number of aliphatic hydroxyl groups excluding tert-OH is 13. The van der Waals surface area contributed by atoms with Crippen LogP contribution in [0.4, 0.5) is 5.69 Å². The lowest BCUT2D eigenvalue weighted by atomic mass is 9.92. The molecule has 39 heteroatoms. The van der Waals surface area contributed by atoms with Crippen molar-refractivity contribution in [1.29, 1.82) is 0 Å². The van der Waals surface area contributed by atoms with Crippen LogP contribution in [0.2, 0.25) is 0 Å². The maximum absolute atomic E-state index is 15.2. The van der Waals surface area contributed by atoms with Gasteiger partial charge in [-0.25, -0.2) is 0 Å². The van der Waals surface area contributed by atoms with Crippen LogP contribution in [0, 0.1) is 5.92 Å². The summed E-state index contributed by atoms with van der Waals surface area (Å²) in [6, 6.07) is -1.07. The van der Waals surface area contributed by atoms with E-state index in [4.69, 9.17) is 45.6 Å². The maximum atomic E-state index is 15.2. The normalized spacial score (nSPS) is 35.7. The lowest BCUT2D eigenvalue weighted by Gasteiger charge is -2.46. The van der Waals surface area contributed by atoms with Gasteiger partial charge >= 0.3 is 5.97 Å². The quantitative estimate of drug-likeness (QED) is 0.0432. The highest BCUT2D eigenvalue weighted by atomic mass is 16.8. The summed E-state index contributed by atoms with van der Waals surface area (Å²) in [7, 11) is 0. The van der Waals surface area contributed by atoms with Gasteiger partial charge in [0.25, 0.3) is 0 Å². The third-order valence-electron chi connectivity index (χ3n) is 17.5. The number of guanidine groups is 2. The van der Waals surface area contributed by atoms with Crippen LogP contribution in [0.3, 0.4) is 0 Å². The number of esters is 1. The summed E-state index contributed by atoms with van der Waals surface area (Å²) in [6.07, 6.45) is -32.5. The van der Waals surface area contributed by atoms with Gasteiger partial charge in [0.1, 0.15) is 115 Å². The van der Waals surface area contributed by atoms with Crippen molar-refractivity contribution in [2.75, 3.05) is 51.8 Å². The SMILES string of the molecule is CC(C)CC(=O)O[C@@H]1[C@@H](O[C@H]2[C@H](O)[C@H](O)[C@@H](Oc3ccc(C[C@H]4NC(=O)[C@H](C(C)c5ccccc5)NC(=O)CNC(=O)[C@H](CO)NC(=O)[C@@H](C(O)C5CN=C(N)N5[C@H]5O[C@H](CO)[C@@H](O)[C@H](O)[C@@H]5O)NC(=O)[C@H](C(O)C5CN=C(N)N5)NC4=O)cc3N)O[C@@H]2CO)O[C@H](CO)[C@@H](O)[C@@H]1O. The minimum atomic E-state index is -2.37.